The smallest absolute Gasteiger partial charge is 0.128 e. The van der Waals surface area contributed by atoms with E-state index < -0.39 is 0 Å². The van der Waals surface area contributed by atoms with Gasteiger partial charge in [0.1, 0.15) is 5.75 Å². The van der Waals surface area contributed by atoms with E-state index in [1.165, 1.54) is 49.8 Å². The summed E-state index contributed by atoms with van der Waals surface area (Å²) in [5, 5.41) is 1.23. The summed E-state index contributed by atoms with van der Waals surface area (Å²) in [4.78, 5) is 2.58. The quantitative estimate of drug-likeness (QED) is 0.800. The molecule has 3 rings (SSSR count). The van der Waals surface area contributed by atoms with E-state index in [1.54, 1.807) is 0 Å². The molecule has 0 radical (unpaired) electrons. The maximum Gasteiger partial charge on any atom is 0.128 e. The summed E-state index contributed by atoms with van der Waals surface area (Å²) in [6, 6.07) is 8.51. The van der Waals surface area contributed by atoms with Crippen molar-refractivity contribution < 1.29 is 4.74 Å². The van der Waals surface area contributed by atoms with Gasteiger partial charge in [0.15, 0.2) is 0 Å². The lowest BCUT2D eigenvalue weighted by Gasteiger charge is -2.14. The van der Waals surface area contributed by atoms with Crippen LogP contribution in [0.4, 0.5) is 0 Å². The minimum atomic E-state index is 0.721. The van der Waals surface area contributed by atoms with Crippen LogP contribution in [0.15, 0.2) is 30.5 Å². The Labute approximate surface area is 121 Å². The lowest BCUT2D eigenvalue weighted by Crippen LogP contribution is -2.21. The largest absolute Gasteiger partial charge is 0.493 e. The van der Waals surface area contributed by atoms with Gasteiger partial charge in [-0.1, -0.05) is 6.07 Å². The third kappa shape index (κ3) is 2.83. The predicted octanol–water partition coefficient (Wildman–Crippen LogP) is 3.53. The number of fused-ring (bicyclic) bond motifs is 1. The first-order valence-electron chi connectivity index (χ1n) is 7.81. The van der Waals surface area contributed by atoms with Crippen LogP contribution in [0.2, 0.25) is 0 Å². The highest BCUT2D eigenvalue weighted by Gasteiger charge is 2.11. The van der Waals surface area contributed by atoms with Gasteiger partial charge in [0, 0.05) is 18.1 Å². The zero-order valence-corrected chi connectivity index (χ0v) is 12.3. The van der Waals surface area contributed by atoms with Gasteiger partial charge in [-0.05, 0) is 64.0 Å². The standard InChI is InChI=1S/C17H24N2O/c1-2-20-17-8-5-7-16-15(17)9-14-19(16)13-6-12-18-10-3-4-11-18/h5,7-9,14H,2-4,6,10-13H2,1H3. The molecular formula is C17H24N2O. The molecule has 0 saturated carbocycles. The SMILES string of the molecule is CCOc1cccc2c1ccn2CCCN1CCCC1. The normalized spacial score (nSPS) is 16.1. The zero-order chi connectivity index (χ0) is 13.8. The Hall–Kier alpha value is -1.48. The van der Waals surface area contributed by atoms with Crippen LogP contribution in [0, 0.1) is 0 Å². The Kier molecular flexibility index (Phi) is 4.26. The fraction of sp³-hybridized carbons (Fsp3) is 0.529. The highest BCUT2D eigenvalue weighted by atomic mass is 16.5. The second kappa shape index (κ2) is 6.31. The Balaban J connectivity index is 1.67. The number of benzene rings is 1. The van der Waals surface area contributed by atoms with E-state index in [4.69, 9.17) is 4.74 Å². The van der Waals surface area contributed by atoms with Crippen molar-refractivity contribution in [3.05, 3.63) is 30.5 Å². The number of rotatable bonds is 6. The van der Waals surface area contributed by atoms with Gasteiger partial charge >= 0.3 is 0 Å². The summed E-state index contributed by atoms with van der Waals surface area (Å²) in [6.07, 6.45) is 6.17. The summed E-state index contributed by atoms with van der Waals surface area (Å²) in [6.45, 7) is 7.66. The van der Waals surface area contributed by atoms with Crippen LogP contribution in [0.1, 0.15) is 26.2 Å². The molecule has 0 amide bonds. The monoisotopic (exact) mass is 272 g/mol. The van der Waals surface area contributed by atoms with E-state index in [0.717, 1.165) is 18.9 Å². The molecule has 0 N–H and O–H groups in total. The lowest BCUT2D eigenvalue weighted by molar-refractivity contribution is 0.326. The predicted molar refractivity (Wildman–Crippen MR) is 83.4 cm³/mol. The first-order valence-corrected chi connectivity index (χ1v) is 7.81. The fourth-order valence-electron chi connectivity index (χ4n) is 3.14. The van der Waals surface area contributed by atoms with Gasteiger partial charge in [-0.2, -0.15) is 0 Å². The van der Waals surface area contributed by atoms with Crippen molar-refractivity contribution in [1.29, 1.82) is 0 Å². The van der Waals surface area contributed by atoms with Crippen LogP contribution >= 0.6 is 0 Å². The molecule has 3 heteroatoms. The topological polar surface area (TPSA) is 17.4 Å². The number of aromatic nitrogens is 1. The molecule has 1 aliphatic rings. The molecule has 0 atom stereocenters. The van der Waals surface area contributed by atoms with Crippen molar-refractivity contribution in [3.63, 3.8) is 0 Å². The van der Waals surface area contributed by atoms with Gasteiger partial charge in [-0.25, -0.2) is 0 Å². The molecule has 1 aliphatic heterocycles. The van der Waals surface area contributed by atoms with Crippen LogP contribution in [-0.2, 0) is 6.54 Å². The molecule has 108 valence electrons. The van der Waals surface area contributed by atoms with Gasteiger partial charge in [0.25, 0.3) is 0 Å². The second-order valence-electron chi connectivity index (χ2n) is 5.53. The van der Waals surface area contributed by atoms with E-state index in [-0.39, 0.29) is 0 Å². The maximum atomic E-state index is 5.70. The van der Waals surface area contributed by atoms with Gasteiger partial charge in [0.05, 0.1) is 12.1 Å². The van der Waals surface area contributed by atoms with Gasteiger partial charge in [0.2, 0.25) is 0 Å². The first kappa shape index (κ1) is 13.5. The summed E-state index contributed by atoms with van der Waals surface area (Å²) >= 11 is 0. The highest BCUT2D eigenvalue weighted by molar-refractivity contribution is 5.86. The minimum absolute atomic E-state index is 0.721. The van der Waals surface area contributed by atoms with E-state index in [1.807, 2.05) is 6.92 Å². The Morgan fingerprint density at radius 2 is 1.95 bits per heavy atom. The van der Waals surface area contributed by atoms with Crippen LogP contribution < -0.4 is 4.74 Å². The van der Waals surface area contributed by atoms with Crippen molar-refractivity contribution in [2.24, 2.45) is 0 Å². The zero-order valence-electron chi connectivity index (χ0n) is 12.3. The van der Waals surface area contributed by atoms with Crippen molar-refractivity contribution in [3.8, 4) is 5.75 Å². The third-order valence-electron chi connectivity index (χ3n) is 4.15. The molecule has 1 fully saturated rings. The molecule has 3 nitrogen and oxygen atoms in total. The Bertz CT molecular complexity index is 555. The van der Waals surface area contributed by atoms with Crippen LogP contribution in [0.3, 0.4) is 0 Å². The molecule has 0 spiro atoms. The minimum Gasteiger partial charge on any atom is -0.493 e. The fourth-order valence-corrected chi connectivity index (χ4v) is 3.14. The first-order chi connectivity index (χ1) is 9.88. The van der Waals surface area contributed by atoms with Gasteiger partial charge in [-0.15, -0.1) is 0 Å². The number of hydrogen-bond acceptors (Lipinski definition) is 2. The average Bonchev–Trinajstić information content (AvgIpc) is 3.10. The molecule has 1 aromatic heterocycles. The number of aryl methyl sites for hydroxylation is 1. The summed E-state index contributed by atoms with van der Waals surface area (Å²) in [5.41, 5.74) is 1.29. The van der Waals surface area contributed by atoms with Crippen molar-refractivity contribution in [2.45, 2.75) is 32.7 Å². The van der Waals surface area contributed by atoms with Gasteiger partial charge < -0.3 is 14.2 Å². The second-order valence-corrected chi connectivity index (χ2v) is 5.53. The van der Waals surface area contributed by atoms with E-state index in [9.17, 15) is 0 Å². The molecule has 20 heavy (non-hydrogen) atoms. The molecule has 2 heterocycles. The molecule has 2 aromatic rings. The molecule has 1 aromatic carbocycles. The van der Waals surface area contributed by atoms with E-state index >= 15 is 0 Å². The Morgan fingerprint density at radius 1 is 1.10 bits per heavy atom. The molecule has 0 unspecified atom stereocenters. The Morgan fingerprint density at radius 3 is 2.75 bits per heavy atom. The highest BCUT2D eigenvalue weighted by Crippen LogP contribution is 2.26. The average molecular weight is 272 g/mol. The number of hydrogen-bond donors (Lipinski definition) is 0. The summed E-state index contributed by atoms with van der Waals surface area (Å²) in [5.74, 6) is 1.00. The van der Waals surface area contributed by atoms with Crippen molar-refractivity contribution >= 4 is 10.9 Å². The molecule has 0 bridgehead atoms. The maximum absolute atomic E-state index is 5.70. The number of nitrogens with zero attached hydrogens (tertiary/aromatic N) is 2. The summed E-state index contributed by atoms with van der Waals surface area (Å²) in [7, 11) is 0. The van der Waals surface area contributed by atoms with E-state index in [2.05, 4.69) is 39.9 Å². The van der Waals surface area contributed by atoms with Gasteiger partial charge in [-0.3, -0.25) is 0 Å². The van der Waals surface area contributed by atoms with E-state index in [0.29, 0.717) is 0 Å². The van der Waals surface area contributed by atoms with Crippen molar-refractivity contribution in [2.75, 3.05) is 26.2 Å². The van der Waals surface area contributed by atoms with Crippen molar-refractivity contribution in [1.82, 2.24) is 9.47 Å². The van der Waals surface area contributed by atoms with Crippen LogP contribution in [0.5, 0.6) is 5.75 Å². The van der Waals surface area contributed by atoms with Crippen LogP contribution in [0.25, 0.3) is 10.9 Å². The molecular weight excluding hydrogens is 248 g/mol. The lowest BCUT2D eigenvalue weighted by atomic mass is 10.2. The summed E-state index contributed by atoms with van der Waals surface area (Å²) < 4.78 is 8.05. The number of ether oxygens (including phenoxy) is 1. The molecule has 1 saturated heterocycles. The molecule has 0 aliphatic carbocycles. The van der Waals surface area contributed by atoms with Crippen LogP contribution in [-0.4, -0.2) is 35.7 Å². The third-order valence-corrected chi connectivity index (χ3v) is 4.15. The number of likely N-dealkylation sites (tertiary alicyclic amines) is 1.